The molecular formula is C5H11NOS. The molecule has 0 aromatic rings. The average molecular weight is 133 g/mol. The van der Waals surface area contributed by atoms with Gasteiger partial charge in [-0.05, 0) is 6.92 Å². The van der Waals surface area contributed by atoms with Crippen molar-refractivity contribution in [1.82, 2.24) is 4.31 Å². The Balaban J connectivity index is 1.98. The Morgan fingerprint density at radius 2 is 2.38 bits per heavy atom. The second-order valence-electron chi connectivity index (χ2n) is 1.95. The van der Waals surface area contributed by atoms with Crippen molar-refractivity contribution in [3.63, 3.8) is 0 Å². The maximum Gasteiger partial charge on any atom is 0.0847 e. The quantitative estimate of drug-likeness (QED) is 0.552. The van der Waals surface area contributed by atoms with Crippen molar-refractivity contribution in [2.24, 2.45) is 0 Å². The Kier molecular flexibility index (Phi) is 2.16. The highest BCUT2D eigenvalue weighted by Crippen LogP contribution is 2.12. The van der Waals surface area contributed by atoms with Crippen LogP contribution < -0.4 is 0 Å². The van der Waals surface area contributed by atoms with Gasteiger partial charge in [0, 0.05) is 19.7 Å². The van der Waals surface area contributed by atoms with E-state index in [1.54, 1.807) is 0 Å². The molecule has 1 rings (SSSR count). The Morgan fingerprint density at radius 1 is 1.75 bits per heavy atom. The highest BCUT2D eigenvalue weighted by molar-refractivity contribution is 7.77. The molecule has 1 aliphatic heterocycles. The third-order valence-corrected chi connectivity index (χ3v) is 1.56. The first-order chi connectivity index (χ1) is 3.83. The zero-order valence-electron chi connectivity index (χ0n) is 5.00. The van der Waals surface area contributed by atoms with Crippen LogP contribution in [0.1, 0.15) is 6.92 Å². The van der Waals surface area contributed by atoms with Gasteiger partial charge >= 0.3 is 0 Å². The molecule has 1 saturated heterocycles. The minimum atomic E-state index is 0.456. The lowest BCUT2D eigenvalue weighted by Gasteiger charge is -2.34. The molecule has 0 unspecified atom stereocenters. The fourth-order valence-corrected chi connectivity index (χ4v) is 1.12. The van der Waals surface area contributed by atoms with Gasteiger partial charge in [-0.3, -0.25) is 0 Å². The molecule has 48 valence electrons. The molecule has 0 radical (unpaired) electrons. The average Bonchev–Trinajstić information content (AvgIpc) is 1.64. The van der Waals surface area contributed by atoms with Gasteiger partial charge in [0.2, 0.25) is 0 Å². The maximum absolute atomic E-state index is 5.26. The van der Waals surface area contributed by atoms with Gasteiger partial charge in [0.15, 0.2) is 0 Å². The summed E-state index contributed by atoms with van der Waals surface area (Å²) < 4.78 is 7.20. The van der Waals surface area contributed by atoms with Crippen LogP contribution in [0.3, 0.4) is 0 Å². The molecule has 0 aromatic heterocycles. The van der Waals surface area contributed by atoms with Gasteiger partial charge in [-0.25, -0.2) is 4.31 Å². The van der Waals surface area contributed by atoms with Gasteiger partial charge in [0.25, 0.3) is 0 Å². The standard InChI is InChI=1S/C5H11NOS/c1-2-7-5-3-6(8)4-5/h5,8H,2-4H2,1H3. The second kappa shape index (κ2) is 2.71. The predicted octanol–water partition coefficient (Wildman–Crippen LogP) is 0.552. The summed E-state index contributed by atoms with van der Waals surface area (Å²) in [5, 5.41) is 0. The topological polar surface area (TPSA) is 12.5 Å². The van der Waals surface area contributed by atoms with Crippen molar-refractivity contribution >= 4 is 12.8 Å². The molecule has 3 heteroatoms. The van der Waals surface area contributed by atoms with E-state index in [4.69, 9.17) is 4.74 Å². The number of thiol groups is 1. The fourth-order valence-electron chi connectivity index (χ4n) is 0.758. The lowest BCUT2D eigenvalue weighted by molar-refractivity contribution is -0.00854. The molecule has 1 fully saturated rings. The lowest BCUT2D eigenvalue weighted by atomic mass is 10.2. The molecule has 0 aromatic carbocycles. The van der Waals surface area contributed by atoms with Crippen LogP contribution in [0, 0.1) is 0 Å². The summed E-state index contributed by atoms with van der Waals surface area (Å²) in [5.41, 5.74) is 0. The van der Waals surface area contributed by atoms with Crippen LogP contribution in [0.15, 0.2) is 0 Å². The Bertz CT molecular complexity index is 70.1. The summed E-state index contributed by atoms with van der Waals surface area (Å²) in [6.07, 6.45) is 0.456. The van der Waals surface area contributed by atoms with E-state index in [0.29, 0.717) is 6.10 Å². The number of nitrogens with zero attached hydrogens (tertiary/aromatic N) is 1. The Morgan fingerprint density at radius 3 is 2.75 bits per heavy atom. The van der Waals surface area contributed by atoms with Crippen molar-refractivity contribution in [2.45, 2.75) is 13.0 Å². The van der Waals surface area contributed by atoms with Crippen LogP contribution in [0.25, 0.3) is 0 Å². The summed E-state index contributed by atoms with van der Waals surface area (Å²) in [6, 6.07) is 0. The maximum atomic E-state index is 5.26. The molecule has 0 N–H and O–H groups in total. The van der Waals surface area contributed by atoms with Crippen LogP contribution in [-0.4, -0.2) is 30.1 Å². The van der Waals surface area contributed by atoms with E-state index >= 15 is 0 Å². The second-order valence-corrected chi connectivity index (χ2v) is 2.51. The summed E-state index contributed by atoms with van der Waals surface area (Å²) in [7, 11) is 0. The summed E-state index contributed by atoms with van der Waals surface area (Å²) in [6.45, 7) is 4.81. The summed E-state index contributed by atoms with van der Waals surface area (Å²) in [5.74, 6) is 0. The van der Waals surface area contributed by atoms with Gasteiger partial charge in [-0.1, -0.05) is 12.8 Å². The van der Waals surface area contributed by atoms with Crippen LogP contribution in [0.2, 0.25) is 0 Å². The molecule has 1 heterocycles. The van der Waals surface area contributed by atoms with Crippen LogP contribution in [0.5, 0.6) is 0 Å². The van der Waals surface area contributed by atoms with E-state index in [1.165, 1.54) is 0 Å². The van der Waals surface area contributed by atoms with Crippen LogP contribution in [-0.2, 0) is 4.74 Å². The zero-order chi connectivity index (χ0) is 5.98. The molecule has 0 amide bonds. The molecule has 0 saturated carbocycles. The summed E-state index contributed by atoms with van der Waals surface area (Å²) in [4.78, 5) is 0. The molecule has 0 atom stereocenters. The minimum absolute atomic E-state index is 0.456. The highest BCUT2D eigenvalue weighted by atomic mass is 32.1. The van der Waals surface area contributed by atoms with Gasteiger partial charge in [0.05, 0.1) is 6.10 Å². The molecule has 8 heavy (non-hydrogen) atoms. The van der Waals surface area contributed by atoms with E-state index < -0.39 is 0 Å². The SMILES string of the molecule is CCOC1CN(S)C1. The number of ether oxygens (including phenoxy) is 1. The van der Waals surface area contributed by atoms with Crippen molar-refractivity contribution in [3.8, 4) is 0 Å². The number of rotatable bonds is 2. The summed E-state index contributed by atoms with van der Waals surface area (Å²) >= 11 is 4.09. The number of hydrogen-bond acceptors (Lipinski definition) is 3. The van der Waals surface area contributed by atoms with E-state index in [2.05, 4.69) is 12.8 Å². The predicted molar refractivity (Wildman–Crippen MR) is 36.0 cm³/mol. The molecule has 0 spiro atoms. The first kappa shape index (κ1) is 6.39. The normalized spacial score (nSPS) is 23.2. The molecule has 1 aliphatic rings. The zero-order valence-corrected chi connectivity index (χ0v) is 5.90. The Labute approximate surface area is 55.4 Å². The van der Waals surface area contributed by atoms with Crippen molar-refractivity contribution in [2.75, 3.05) is 19.7 Å². The molecule has 0 bridgehead atoms. The largest absolute Gasteiger partial charge is 0.376 e. The molecular weight excluding hydrogens is 122 g/mol. The first-order valence-corrected chi connectivity index (χ1v) is 3.28. The first-order valence-electron chi connectivity index (χ1n) is 2.88. The van der Waals surface area contributed by atoms with E-state index in [0.717, 1.165) is 19.7 Å². The highest BCUT2D eigenvalue weighted by Gasteiger charge is 2.23. The minimum Gasteiger partial charge on any atom is -0.376 e. The third kappa shape index (κ3) is 1.37. The van der Waals surface area contributed by atoms with Gasteiger partial charge in [-0.15, -0.1) is 0 Å². The smallest absolute Gasteiger partial charge is 0.0847 e. The van der Waals surface area contributed by atoms with Crippen molar-refractivity contribution in [1.29, 1.82) is 0 Å². The van der Waals surface area contributed by atoms with E-state index in [9.17, 15) is 0 Å². The van der Waals surface area contributed by atoms with E-state index in [-0.39, 0.29) is 0 Å². The van der Waals surface area contributed by atoms with Crippen molar-refractivity contribution < 1.29 is 4.74 Å². The van der Waals surface area contributed by atoms with Gasteiger partial charge in [0.1, 0.15) is 0 Å². The molecule has 2 nitrogen and oxygen atoms in total. The lowest BCUT2D eigenvalue weighted by Crippen LogP contribution is -2.46. The van der Waals surface area contributed by atoms with Crippen LogP contribution in [0.4, 0.5) is 0 Å². The fraction of sp³-hybridized carbons (Fsp3) is 1.00. The van der Waals surface area contributed by atoms with Gasteiger partial charge in [-0.2, -0.15) is 0 Å². The Hall–Kier alpha value is 0.270. The van der Waals surface area contributed by atoms with Crippen molar-refractivity contribution in [3.05, 3.63) is 0 Å². The van der Waals surface area contributed by atoms with Gasteiger partial charge < -0.3 is 4.74 Å². The monoisotopic (exact) mass is 133 g/mol. The van der Waals surface area contributed by atoms with Crippen LogP contribution >= 0.6 is 12.8 Å². The molecule has 0 aliphatic carbocycles. The number of hydrogen-bond donors (Lipinski definition) is 1. The third-order valence-electron chi connectivity index (χ3n) is 1.23. The van der Waals surface area contributed by atoms with E-state index in [1.807, 2.05) is 11.2 Å².